The van der Waals surface area contributed by atoms with Crippen LogP contribution < -0.4 is 5.32 Å². The van der Waals surface area contributed by atoms with Gasteiger partial charge in [0.25, 0.3) is 0 Å². The van der Waals surface area contributed by atoms with Crippen LogP contribution in [0.5, 0.6) is 0 Å². The van der Waals surface area contributed by atoms with Gasteiger partial charge in [-0.15, -0.1) is 5.10 Å². The molecule has 1 N–H and O–H groups in total. The minimum absolute atomic E-state index is 0.426. The van der Waals surface area contributed by atoms with Crippen LogP contribution in [0.1, 0.15) is 11.3 Å². The van der Waals surface area contributed by atoms with Crippen LogP contribution in [0, 0.1) is 18.3 Å². The van der Waals surface area contributed by atoms with Crippen LogP contribution in [-0.2, 0) is 0 Å². The van der Waals surface area contributed by atoms with Gasteiger partial charge in [-0.05, 0) is 25.1 Å². The van der Waals surface area contributed by atoms with Gasteiger partial charge >= 0.3 is 0 Å². The van der Waals surface area contributed by atoms with Crippen LogP contribution in [0.25, 0.3) is 0 Å². The van der Waals surface area contributed by atoms with Gasteiger partial charge in [-0.1, -0.05) is 6.07 Å². The van der Waals surface area contributed by atoms with E-state index in [0.29, 0.717) is 11.5 Å². The molecule has 0 aliphatic carbocycles. The SMILES string of the molecule is Cc1cnnc(Nc2cccc(C#N)c2)n1. The van der Waals surface area contributed by atoms with E-state index in [1.165, 1.54) is 0 Å². The summed E-state index contributed by atoms with van der Waals surface area (Å²) in [5.74, 6) is 0.426. The summed E-state index contributed by atoms with van der Waals surface area (Å²) in [6.45, 7) is 1.84. The van der Waals surface area contributed by atoms with Gasteiger partial charge in [-0.25, -0.2) is 4.98 Å². The second-order valence-electron chi connectivity index (χ2n) is 3.24. The molecule has 5 heteroatoms. The van der Waals surface area contributed by atoms with Crippen molar-refractivity contribution in [3.8, 4) is 6.07 Å². The van der Waals surface area contributed by atoms with Gasteiger partial charge in [0.05, 0.1) is 23.5 Å². The number of aromatic nitrogens is 3. The van der Waals surface area contributed by atoms with Crippen molar-refractivity contribution in [3.05, 3.63) is 41.7 Å². The molecule has 0 radical (unpaired) electrons. The van der Waals surface area contributed by atoms with Gasteiger partial charge in [0.2, 0.25) is 5.95 Å². The van der Waals surface area contributed by atoms with E-state index in [0.717, 1.165) is 11.4 Å². The van der Waals surface area contributed by atoms with Crippen LogP contribution >= 0.6 is 0 Å². The summed E-state index contributed by atoms with van der Waals surface area (Å²) in [5, 5.41) is 19.4. The molecule has 0 unspecified atom stereocenters. The fourth-order valence-corrected chi connectivity index (χ4v) is 1.23. The van der Waals surface area contributed by atoms with Gasteiger partial charge in [0.1, 0.15) is 0 Å². The highest BCUT2D eigenvalue weighted by Crippen LogP contribution is 2.13. The second kappa shape index (κ2) is 4.36. The molecular weight excluding hydrogens is 202 g/mol. The number of aryl methyl sites for hydroxylation is 1. The van der Waals surface area contributed by atoms with Crippen molar-refractivity contribution in [1.82, 2.24) is 15.2 Å². The van der Waals surface area contributed by atoms with Crippen LogP contribution in [-0.4, -0.2) is 15.2 Å². The molecule has 0 fully saturated rings. The molecule has 0 spiro atoms. The van der Waals surface area contributed by atoms with Gasteiger partial charge in [0, 0.05) is 5.69 Å². The van der Waals surface area contributed by atoms with E-state index >= 15 is 0 Å². The molecule has 1 aromatic carbocycles. The summed E-state index contributed by atoms with van der Waals surface area (Å²) in [7, 11) is 0. The molecule has 0 saturated heterocycles. The Balaban J connectivity index is 2.24. The second-order valence-corrected chi connectivity index (χ2v) is 3.24. The first-order valence-corrected chi connectivity index (χ1v) is 4.71. The molecule has 16 heavy (non-hydrogen) atoms. The number of anilines is 2. The topological polar surface area (TPSA) is 74.5 Å². The fourth-order valence-electron chi connectivity index (χ4n) is 1.23. The maximum absolute atomic E-state index is 8.75. The minimum atomic E-state index is 0.426. The molecule has 0 atom stereocenters. The Bertz CT molecular complexity index is 544. The minimum Gasteiger partial charge on any atom is -0.323 e. The average Bonchev–Trinajstić information content (AvgIpc) is 2.29. The quantitative estimate of drug-likeness (QED) is 0.819. The lowest BCUT2D eigenvalue weighted by molar-refractivity contribution is 0.949. The van der Waals surface area contributed by atoms with E-state index in [1.54, 1.807) is 24.4 Å². The van der Waals surface area contributed by atoms with Gasteiger partial charge in [-0.3, -0.25) is 0 Å². The summed E-state index contributed by atoms with van der Waals surface area (Å²) in [5.41, 5.74) is 2.14. The van der Waals surface area contributed by atoms with Crippen molar-refractivity contribution in [1.29, 1.82) is 5.26 Å². The maximum atomic E-state index is 8.75. The van der Waals surface area contributed by atoms with E-state index in [1.807, 2.05) is 13.0 Å². The Hall–Kier alpha value is -2.48. The normalized spacial score (nSPS) is 9.50. The number of rotatable bonds is 2. The molecule has 0 aliphatic heterocycles. The van der Waals surface area contributed by atoms with E-state index in [-0.39, 0.29) is 0 Å². The highest BCUT2D eigenvalue weighted by Gasteiger charge is 1.99. The summed E-state index contributed by atoms with van der Waals surface area (Å²) >= 11 is 0. The molecular formula is C11H9N5. The third kappa shape index (κ3) is 2.30. The average molecular weight is 211 g/mol. The molecule has 78 valence electrons. The number of hydrogen-bond donors (Lipinski definition) is 1. The third-order valence-electron chi connectivity index (χ3n) is 1.93. The zero-order valence-electron chi connectivity index (χ0n) is 8.68. The van der Waals surface area contributed by atoms with Gasteiger partial charge in [-0.2, -0.15) is 10.4 Å². The monoisotopic (exact) mass is 211 g/mol. The molecule has 1 aromatic heterocycles. The molecule has 0 bridgehead atoms. The summed E-state index contributed by atoms with van der Waals surface area (Å²) in [6, 6.07) is 9.17. The standard InChI is InChI=1S/C11H9N5/c1-8-7-13-16-11(14-8)15-10-4-2-3-9(5-10)6-12/h2-5,7H,1H3,(H,14,15,16). The molecule has 5 nitrogen and oxygen atoms in total. The zero-order chi connectivity index (χ0) is 11.4. The van der Waals surface area contributed by atoms with Crippen molar-refractivity contribution in [2.24, 2.45) is 0 Å². The molecule has 0 amide bonds. The summed E-state index contributed by atoms with van der Waals surface area (Å²) in [6.07, 6.45) is 1.58. The molecule has 0 aliphatic rings. The van der Waals surface area contributed by atoms with Crippen LogP contribution in [0.2, 0.25) is 0 Å². The summed E-state index contributed by atoms with van der Waals surface area (Å²) in [4.78, 5) is 4.16. The van der Waals surface area contributed by atoms with Crippen molar-refractivity contribution in [3.63, 3.8) is 0 Å². The molecule has 1 heterocycles. The highest BCUT2D eigenvalue weighted by molar-refractivity contribution is 5.55. The number of hydrogen-bond acceptors (Lipinski definition) is 5. The first kappa shape index (κ1) is 10.1. The molecule has 2 aromatic rings. The lowest BCUT2D eigenvalue weighted by Gasteiger charge is -2.03. The number of nitriles is 1. The van der Waals surface area contributed by atoms with E-state index in [2.05, 4.69) is 26.6 Å². The van der Waals surface area contributed by atoms with Crippen molar-refractivity contribution in [2.75, 3.05) is 5.32 Å². The summed E-state index contributed by atoms with van der Waals surface area (Å²) < 4.78 is 0. The van der Waals surface area contributed by atoms with Crippen LogP contribution in [0.3, 0.4) is 0 Å². The Morgan fingerprint density at radius 3 is 3.00 bits per heavy atom. The fraction of sp³-hybridized carbons (Fsp3) is 0.0909. The number of benzene rings is 1. The predicted octanol–water partition coefficient (Wildman–Crippen LogP) is 1.80. The van der Waals surface area contributed by atoms with Gasteiger partial charge < -0.3 is 5.32 Å². The van der Waals surface area contributed by atoms with Crippen LogP contribution in [0.4, 0.5) is 11.6 Å². The zero-order valence-corrected chi connectivity index (χ0v) is 8.68. The number of nitrogens with zero attached hydrogens (tertiary/aromatic N) is 4. The van der Waals surface area contributed by atoms with Gasteiger partial charge in [0.15, 0.2) is 0 Å². The number of nitrogens with one attached hydrogen (secondary N) is 1. The highest BCUT2D eigenvalue weighted by atomic mass is 15.2. The van der Waals surface area contributed by atoms with E-state index in [9.17, 15) is 0 Å². The van der Waals surface area contributed by atoms with Crippen LogP contribution in [0.15, 0.2) is 30.5 Å². The Morgan fingerprint density at radius 2 is 2.25 bits per heavy atom. The predicted molar refractivity (Wildman–Crippen MR) is 59.0 cm³/mol. The van der Waals surface area contributed by atoms with Crippen molar-refractivity contribution < 1.29 is 0 Å². The molecule has 0 saturated carbocycles. The lowest BCUT2D eigenvalue weighted by atomic mass is 10.2. The Kier molecular flexibility index (Phi) is 2.74. The lowest BCUT2D eigenvalue weighted by Crippen LogP contribution is -1.99. The maximum Gasteiger partial charge on any atom is 0.247 e. The van der Waals surface area contributed by atoms with E-state index < -0.39 is 0 Å². The van der Waals surface area contributed by atoms with Crippen molar-refractivity contribution in [2.45, 2.75) is 6.92 Å². The third-order valence-corrected chi connectivity index (χ3v) is 1.93. The first-order chi connectivity index (χ1) is 7.78. The van der Waals surface area contributed by atoms with Crippen molar-refractivity contribution >= 4 is 11.6 Å². The first-order valence-electron chi connectivity index (χ1n) is 4.71. The largest absolute Gasteiger partial charge is 0.323 e. The van der Waals surface area contributed by atoms with E-state index in [4.69, 9.17) is 5.26 Å². The Morgan fingerprint density at radius 1 is 1.38 bits per heavy atom. The molecule has 2 rings (SSSR count). The Labute approximate surface area is 92.8 Å². The smallest absolute Gasteiger partial charge is 0.247 e.